The molecule has 0 fully saturated rings. The van der Waals surface area contributed by atoms with Crippen LogP contribution < -0.4 is 5.32 Å². The number of nitrogens with zero attached hydrogens (tertiary/aromatic N) is 4. The molecule has 1 N–H and O–H groups in total. The Labute approximate surface area is 174 Å². The van der Waals surface area contributed by atoms with E-state index in [1.165, 1.54) is 10.4 Å². The van der Waals surface area contributed by atoms with Gasteiger partial charge in [-0.25, -0.2) is 0 Å². The number of nitriles is 1. The SMILES string of the molecule is CN(CC(=O)Nc1sc2c(c1C#N)CCC2)Cc1cnn(Cc2ccccc2)c1. The molecular formula is C22H23N5OS. The summed E-state index contributed by atoms with van der Waals surface area (Å²) in [6.07, 6.45) is 6.91. The second kappa shape index (κ2) is 8.60. The zero-order valence-electron chi connectivity index (χ0n) is 16.4. The molecule has 2 aromatic heterocycles. The number of aryl methyl sites for hydroxylation is 1. The summed E-state index contributed by atoms with van der Waals surface area (Å²) in [5.74, 6) is -0.0967. The third-order valence-corrected chi connectivity index (χ3v) is 6.23. The van der Waals surface area contributed by atoms with Crippen LogP contribution in [-0.2, 0) is 30.7 Å². The van der Waals surface area contributed by atoms with Crippen molar-refractivity contribution in [2.75, 3.05) is 18.9 Å². The van der Waals surface area contributed by atoms with Gasteiger partial charge in [0.25, 0.3) is 0 Å². The first-order valence-electron chi connectivity index (χ1n) is 9.70. The van der Waals surface area contributed by atoms with Crippen LogP contribution in [0.4, 0.5) is 5.00 Å². The number of nitrogens with one attached hydrogen (secondary N) is 1. The molecule has 29 heavy (non-hydrogen) atoms. The van der Waals surface area contributed by atoms with E-state index in [0.29, 0.717) is 17.1 Å². The van der Waals surface area contributed by atoms with Crippen molar-refractivity contribution in [3.63, 3.8) is 0 Å². The summed E-state index contributed by atoms with van der Waals surface area (Å²) < 4.78 is 1.91. The molecule has 0 unspecified atom stereocenters. The van der Waals surface area contributed by atoms with E-state index in [4.69, 9.17) is 0 Å². The molecule has 1 aliphatic rings. The molecule has 1 aliphatic carbocycles. The molecule has 0 bridgehead atoms. The highest BCUT2D eigenvalue weighted by atomic mass is 32.1. The van der Waals surface area contributed by atoms with Crippen molar-refractivity contribution in [3.8, 4) is 6.07 Å². The molecule has 4 rings (SSSR count). The van der Waals surface area contributed by atoms with Crippen molar-refractivity contribution in [2.24, 2.45) is 0 Å². The summed E-state index contributed by atoms with van der Waals surface area (Å²) in [4.78, 5) is 15.7. The highest BCUT2D eigenvalue weighted by molar-refractivity contribution is 7.16. The Morgan fingerprint density at radius 1 is 1.31 bits per heavy atom. The van der Waals surface area contributed by atoms with Crippen LogP contribution in [0.5, 0.6) is 0 Å². The number of benzene rings is 1. The molecule has 6 nitrogen and oxygen atoms in total. The summed E-state index contributed by atoms with van der Waals surface area (Å²) in [5.41, 5.74) is 4.04. The maximum Gasteiger partial charge on any atom is 0.239 e. The molecule has 0 saturated heterocycles. The van der Waals surface area contributed by atoms with E-state index in [1.54, 1.807) is 11.3 Å². The van der Waals surface area contributed by atoms with Crippen LogP contribution in [-0.4, -0.2) is 34.2 Å². The van der Waals surface area contributed by atoms with Crippen molar-refractivity contribution in [1.82, 2.24) is 14.7 Å². The lowest BCUT2D eigenvalue weighted by Crippen LogP contribution is -2.29. The summed E-state index contributed by atoms with van der Waals surface area (Å²) >= 11 is 1.55. The van der Waals surface area contributed by atoms with Crippen LogP contribution in [0.1, 0.15) is 33.6 Å². The Hall–Kier alpha value is -2.95. The number of hydrogen-bond acceptors (Lipinski definition) is 5. The highest BCUT2D eigenvalue weighted by Gasteiger charge is 2.23. The molecule has 0 aliphatic heterocycles. The third kappa shape index (κ3) is 4.56. The van der Waals surface area contributed by atoms with Gasteiger partial charge in [-0.15, -0.1) is 11.3 Å². The Morgan fingerprint density at radius 2 is 2.14 bits per heavy atom. The number of aromatic nitrogens is 2. The van der Waals surface area contributed by atoms with Crippen molar-refractivity contribution < 1.29 is 4.79 Å². The second-order valence-electron chi connectivity index (χ2n) is 7.43. The normalized spacial score (nSPS) is 12.7. The summed E-state index contributed by atoms with van der Waals surface area (Å²) in [5, 5.41) is 17.5. The second-order valence-corrected chi connectivity index (χ2v) is 8.53. The van der Waals surface area contributed by atoms with Gasteiger partial charge in [0.1, 0.15) is 11.1 Å². The van der Waals surface area contributed by atoms with Gasteiger partial charge in [-0.2, -0.15) is 10.4 Å². The Bertz CT molecular complexity index is 1050. The minimum absolute atomic E-state index is 0.0967. The summed E-state index contributed by atoms with van der Waals surface area (Å²) in [6.45, 7) is 1.62. The number of carbonyl (C=O) groups excluding carboxylic acids is 1. The fourth-order valence-electron chi connectivity index (χ4n) is 3.73. The molecule has 3 aromatic rings. The number of thiophene rings is 1. The molecule has 0 radical (unpaired) electrons. The first-order chi connectivity index (χ1) is 14.1. The van der Waals surface area contributed by atoms with Gasteiger partial charge in [0.15, 0.2) is 0 Å². The Kier molecular flexibility index (Phi) is 5.74. The number of amides is 1. The van der Waals surface area contributed by atoms with Gasteiger partial charge in [0.2, 0.25) is 5.91 Å². The first kappa shape index (κ1) is 19.4. The van der Waals surface area contributed by atoms with E-state index >= 15 is 0 Å². The Morgan fingerprint density at radius 3 is 2.93 bits per heavy atom. The van der Waals surface area contributed by atoms with Gasteiger partial charge in [0, 0.05) is 23.2 Å². The number of rotatable bonds is 7. The molecule has 148 valence electrons. The fourth-order valence-corrected chi connectivity index (χ4v) is 4.99. The smallest absolute Gasteiger partial charge is 0.239 e. The predicted molar refractivity (Wildman–Crippen MR) is 114 cm³/mol. The number of carbonyl (C=O) groups is 1. The van der Waals surface area contributed by atoms with E-state index in [0.717, 1.165) is 36.9 Å². The maximum absolute atomic E-state index is 12.5. The summed E-state index contributed by atoms with van der Waals surface area (Å²) in [6, 6.07) is 12.5. The molecule has 0 saturated carbocycles. The number of likely N-dealkylation sites (N-methyl/N-ethyl adjacent to an activating group) is 1. The van der Waals surface area contributed by atoms with Gasteiger partial charge in [-0.05, 0) is 37.4 Å². The van der Waals surface area contributed by atoms with Crippen LogP contribution in [0.25, 0.3) is 0 Å². The third-order valence-electron chi connectivity index (χ3n) is 5.03. The molecule has 0 atom stereocenters. The standard InChI is InChI=1S/C22H23N5OS/c1-26(12-17-11-24-27(14-17)13-16-6-3-2-4-7-16)15-21(28)25-22-19(10-23)18-8-5-9-20(18)29-22/h2-4,6-7,11,14H,5,8-9,12-13,15H2,1H3,(H,25,28). The largest absolute Gasteiger partial charge is 0.315 e. The van der Waals surface area contributed by atoms with E-state index in [9.17, 15) is 10.1 Å². The summed E-state index contributed by atoms with van der Waals surface area (Å²) in [7, 11) is 1.91. The lowest BCUT2D eigenvalue weighted by Gasteiger charge is -2.15. The van der Waals surface area contributed by atoms with Crippen molar-refractivity contribution in [2.45, 2.75) is 32.4 Å². The number of anilines is 1. The number of fused-ring (bicyclic) bond motifs is 1. The highest BCUT2D eigenvalue weighted by Crippen LogP contribution is 2.38. The predicted octanol–water partition coefficient (Wildman–Crippen LogP) is 3.42. The van der Waals surface area contributed by atoms with Gasteiger partial charge in [-0.1, -0.05) is 30.3 Å². The minimum Gasteiger partial charge on any atom is -0.315 e. The average Bonchev–Trinajstić information content (AvgIpc) is 3.39. The molecular weight excluding hydrogens is 382 g/mol. The van der Waals surface area contributed by atoms with Crippen molar-refractivity contribution in [3.05, 3.63) is 69.9 Å². The zero-order chi connectivity index (χ0) is 20.2. The molecule has 7 heteroatoms. The quantitative estimate of drug-likeness (QED) is 0.654. The van der Waals surface area contributed by atoms with Crippen molar-refractivity contribution in [1.29, 1.82) is 5.26 Å². The molecule has 2 heterocycles. The zero-order valence-corrected chi connectivity index (χ0v) is 17.2. The van der Waals surface area contributed by atoms with E-state index in [2.05, 4.69) is 28.6 Å². The van der Waals surface area contributed by atoms with Crippen LogP contribution >= 0.6 is 11.3 Å². The van der Waals surface area contributed by atoms with Gasteiger partial charge >= 0.3 is 0 Å². The van der Waals surface area contributed by atoms with E-state index in [1.807, 2.05) is 47.2 Å². The first-order valence-corrected chi connectivity index (χ1v) is 10.5. The fraction of sp³-hybridized carbons (Fsp3) is 0.318. The van der Waals surface area contributed by atoms with E-state index < -0.39 is 0 Å². The monoisotopic (exact) mass is 405 g/mol. The van der Waals surface area contributed by atoms with Crippen LogP contribution in [0.3, 0.4) is 0 Å². The molecule has 1 amide bonds. The minimum atomic E-state index is -0.0967. The van der Waals surface area contributed by atoms with E-state index in [-0.39, 0.29) is 12.5 Å². The molecule has 0 spiro atoms. The van der Waals surface area contributed by atoms with Gasteiger partial charge in [-0.3, -0.25) is 14.4 Å². The lowest BCUT2D eigenvalue weighted by atomic mass is 10.1. The van der Waals surface area contributed by atoms with Crippen LogP contribution in [0.2, 0.25) is 0 Å². The van der Waals surface area contributed by atoms with Gasteiger partial charge < -0.3 is 5.32 Å². The average molecular weight is 406 g/mol. The van der Waals surface area contributed by atoms with Crippen LogP contribution in [0, 0.1) is 11.3 Å². The van der Waals surface area contributed by atoms with Gasteiger partial charge in [0.05, 0.1) is 24.8 Å². The lowest BCUT2D eigenvalue weighted by molar-refractivity contribution is -0.117. The van der Waals surface area contributed by atoms with Crippen molar-refractivity contribution >= 4 is 22.2 Å². The topological polar surface area (TPSA) is 74.0 Å². The number of hydrogen-bond donors (Lipinski definition) is 1. The Balaban J connectivity index is 1.31. The maximum atomic E-state index is 12.5. The molecule has 1 aromatic carbocycles. The van der Waals surface area contributed by atoms with Crippen LogP contribution in [0.15, 0.2) is 42.7 Å².